The molecule has 0 saturated carbocycles. The third-order valence-corrected chi connectivity index (χ3v) is 4.49. The average molecular weight is 290 g/mol. The van der Waals surface area contributed by atoms with Gasteiger partial charge in [-0.2, -0.15) is 0 Å². The van der Waals surface area contributed by atoms with Crippen molar-refractivity contribution in [3.63, 3.8) is 0 Å². The van der Waals surface area contributed by atoms with Gasteiger partial charge in [0.25, 0.3) is 5.91 Å². The van der Waals surface area contributed by atoms with E-state index in [1.807, 2.05) is 37.4 Å². The number of hydrogen-bond acceptors (Lipinski definition) is 4. The summed E-state index contributed by atoms with van der Waals surface area (Å²) in [6.07, 6.45) is 2.18. The van der Waals surface area contributed by atoms with Crippen molar-refractivity contribution in [1.29, 1.82) is 0 Å². The minimum Gasteiger partial charge on any atom is -0.303 e. The Bertz CT molecular complexity index is 443. The van der Waals surface area contributed by atoms with Crippen LogP contribution in [-0.2, 0) is 4.79 Å². The van der Waals surface area contributed by atoms with Crippen LogP contribution < -0.4 is 11.3 Å². The number of hydrogen-bond donors (Lipinski definition) is 2. The molecular weight excluding hydrogens is 264 g/mol. The summed E-state index contributed by atoms with van der Waals surface area (Å²) in [5.41, 5.74) is 3.30. The largest absolute Gasteiger partial charge is 0.303 e. The van der Waals surface area contributed by atoms with Gasteiger partial charge in [-0.25, -0.2) is 5.84 Å². The summed E-state index contributed by atoms with van der Waals surface area (Å²) >= 11 is 0. The number of amides is 1. The lowest BCUT2D eigenvalue weighted by Crippen LogP contribution is -2.49. The topological polar surface area (TPSA) is 61.6 Å². The molecule has 0 spiro atoms. The third kappa shape index (κ3) is 3.81. The fourth-order valence-electron chi connectivity index (χ4n) is 3.14. The lowest BCUT2D eigenvalue weighted by Gasteiger charge is -2.39. The molecular formula is C16H26N4O. The van der Waals surface area contributed by atoms with Crippen LogP contribution in [0.2, 0.25) is 0 Å². The lowest BCUT2D eigenvalue weighted by molar-refractivity contribution is -0.127. The molecule has 2 rings (SSSR count). The van der Waals surface area contributed by atoms with Crippen molar-refractivity contribution < 1.29 is 4.79 Å². The summed E-state index contributed by atoms with van der Waals surface area (Å²) in [5, 5.41) is 0. The molecule has 1 aromatic carbocycles. The van der Waals surface area contributed by atoms with Crippen LogP contribution in [0.3, 0.4) is 0 Å². The number of nitrogens with one attached hydrogen (secondary N) is 1. The van der Waals surface area contributed by atoms with Crippen molar-refractivity contribution in [1.82, 2.24) is 15.2 Å². The van der Waals surface area contributed by atoms with Crippen LogP contribution in [0.5, 0.6) is 0 Å². The maximum atomic E-state index is 12.2. The van der Waals surface area contributed by atoms with Crippen molar-refractivity contribution in [2.45, 2.75) is 31.8 Å². The predicted octanol–water partition coefficient (Wildman–Crippen LogP) is 1.13. The third-order valence-electron chi connectivity index (χ3n) is 4.49. The summed E-state index contributed by atoms with van der Waals surface area (Å²) in [6.45, 7) is 5.48. The first kappa shape index (κ1) is 15.9. The molecule has 5 heteroatoms. The summed E-state index contributed by atoms with van der Waals surface area (Å²) < 4.78 is 0. The molecule has 1 amide bonds. The van der Waals surface area contributed by atoms with E-state index in [4.69, 9.17) is 5.84 Å². The zero-order valence-corrected chi connectivity index (χ0v) is 13.0. The van der Waals surface area contributed by atoms with Crippen LogP contribution in [0.25, 0.3) is 0 Å². The maximum absolute atomic E-state index is 12.2. The second kappa shape index (κ2) is 7.54. The molecule has 1 saturated heterocycles. The molecule has 0 aromatic heterocycles. The summed E-state index contributed by atoms with van der Waals surface area (Å²) in [7, 11) is 2.03. The van der Waals surface area contributed by atoms with Gasteiger partial charge in [-0.1, -0.05) is 37.3 Å². The number of benzene rings is 1. The van der Waals surface area contributed by atoms with Gasteiger partial charge in [-0.3, -0.25) is 15.1 Å². The molecule has 0 bridgehead atoms. The molecule has 1 aliphatic rings. The van der Waals surface area contributed by atoms with Crippen LogP contribution >= 0.6 is 0 Å². The van der Waals surface area contributed by atoms with Crippen molar-refractivity contribution in [2.24, 2.45) is 5.84 Å². The monoisotopic (exact) mass is 290 g/mol. The van der Waals surface area contributed by atoms with E-state index in [1.165, 1.54) is 0 Å². The Morgan fingerprint density at radius 2 is 2.00 bits per heavy atom. The standard InChI is InChI=1S/C16H26N4O/c1-3-20-11-9-14(10-12-20)19(2)15(16(21)18-17)13-7-5-4-6-8-13/h4-8,14-15H,3,9-12,17H2,1-2H3,(H,18,21). The molecule has 1 aromatic rings. The Hall–Kier alpha value is -1.43. The molecule has 21 heavy (non-hydrogen) atoms. The van der Waals surface area contributed by atoms with Gasteiger partial charge in [-0.05, 0) is 45.1 Å². The highest BCUT2D eigenvalue weighted by Gasteiger charge is 2.31. The van der Waals surface area contributed by atoms with Crippen LogP contribution in [0.15, 0.2) is 30.3 Å². The Kier molecular flexibility index (Phi) is 5.73. The number of hydrazine groups is 1. The van der Waals surface area contributed by atoms with Gasteiger partial charge in [0.05, 0.1) is 0 Å². The average Bonchev–Trinajstić information content (AvgIpc) is 2.55. The number of likely N-dealkylation sites (tertiary alicyclic amines) is 1. The molecule has 0 aliphatic carbocycles. The smallest absolute Gasteiger partial charge is 0.255 e. The second-order valence-corrected chi connectivity index (χ2v) is 5.65. The van der Waals surface area contributed by atoms with E-state index >= 15 is 0 Å². The van der Waals surface area contributed by atoms with Crippen LogP contribution in [0.1, 0.15) is 31.4 Å². The quantitative estimate of drug-likeness (QED) is 0.485. The van der Waals surface area contributed by atoms with Crippen LogP contribution in [0, 0.1) is 0 Å². The SMILES string of the molecule is CCN1CCC(N(C)C(C(=O)NN)c2ccccc2)CC1. The molecule has 3 N–H and O–H groups in total. The van der Waals surface area contributed by atoms with Gasteiger partial charge >= 0.3 is 0 Å². The molecule has 116 valence electrons. The number of carbonyl (C=O) groups is 1. The van der Waals surface area contributed by atoms with Gasteiger partial charge in [0, 0.05) is 6.04 Å². The maximum Gasteiger partial charge on any atom is 0.255 e. The zero-order valence-electron chi connectivity index (χ0n) is 13.0. The van der Waals surface area contributed by atoms with Crippen molar-refractivity contribution in [3.05, 3.63) is 35.9 Å². The molecule has 0 radical (unpaired) electrons. The minimum atomic E-state index is -0.325. The number of nitrogens with two attached hydrogens (primary N) is 1. The van der Waals surface area contributed by atoms with Crippen LogP contribution in [0.4, 0.5) is 0 Å². The number of likely N-dealkylation sites (N-methyl/N-ethyl adjacent to an activating group) is 1. The van der Waals surface area contributed by atoms with Gasteiger partial charge in [0.2, 0.25) is 0 Å². The fourth-order valence-corrected chi connectivity index (χ4v) is 3.14. The summed E-state index contributed by atoms with van der Waals surface area (Å²) in [5.74, 6) is 5.24. The highest BCUT2D eigenvalue weighted by Crippen LogP contribution is 2.26. The number of rotatable bonds is 5. The number of carbonyl (C=O) groups excluding carboxylic acids is 1. The van der Waals surface area contributed by atoms with E-state index in [2.05, 4.69) is 22.1 Å². The molecule has 5 nitrogen and oxygen atoms in total. The van der Waals surface area contributed by atoms with Crippen molar-refractivity contribution in [3.8, 4) is 0 Å². The zero-order chi connectivity index (χ0) is 15.2. The van der Waals surface area contributed by atoms with Crippen molar-refractivity contribution >= 4 is 5.91 Å². The van der Waals surface area contributed by atoms with Crippen molar-refractivity contribution in [2.75, 3.05) is 26.7 Å². The first-order valence-corrected chi connectivity index (χ1v) is 7.67. The Labute approximate surface area is 127 Å². The van der Waals surface area contributed by atoms with Gasteiger partial charge in [-0.15, -0.1) is 0 Å². The van der Waals surface area contributed by atoms with E-state index < -0.39 is 0 Å². The number of piperidine rings is 1. The van der Waals surface area contributed by atoms with Gasteiger partial charge < -0.3 is 4.90 Å². The van der Waals surface area contributed by atoms with E-state index in [9.17, 15) is 4.79 Å². The Balaban J connectivity index is 2.12. The summed E-state index contributed by atoms with van der Waals surface area (Å²) in [4.78, 5) is 16.8. The number of nitrogens with zero attached hydrogens (tertiary/aromatic N) is 2. The van der Waals surface area contributed by atoms with Gasteiger partial charge in [0.1, 0.15) is 6.04 Å². The molecule has 1 fully saturated rings. The summed E-state index contributed by atoms with van der Waals surface area (Å²) in [6, 6.07) is 9.93. The Morgan fingerprint density at radius 3 is 2.52 bits per heavy atom. The normalized spacial score (nSPS) is 18.7. The lowest BCUT2D eigenvalue weighted by atomic mass is 9.98. The molecule has 1 aliphatic heterocycles. The highest BCUT2D eigenvalue weighted by molar-refractivity contribution is 5.82. The first-order valence-electron chi connectivity index (χ1n) is 7.67. The minimum absolute atomic E-state index is 0.151. The van der Waals surface area contributed by atoms with E-state index in [0.717, 1.165) is 38.0 Å². The molecule has 1 unspecified atom stereocenters. The Morgan fingerprint density at radius 1 is 1.38 bits per heavy atom. The second-order valence-electron chi connectivity index (χ2n) is 5.65. The van der Waals surface area contributed by atoms with Gasteiger partial charge in [0.15, 0.2) is 0 Å². The van der Waals surface area contributed by atoms with Crippen LogP contribution in [-0.4, -0.2) is 48.4 Å². The van der Waals surface area contributed by atoms with E-state index in [1.54, 1.807) is 0 Å². The van der Waals surface area contributed by atoms with E-state index in [-0.39, 0.29) is 11.9 Å². The fraction of sp³-hybridized carbons (Fsp3) is 0.562. The molecule has 1 heterocycles. The molecule has 1 atom stereocenters. The van der Waals surface area contributed by atoms with E-state index in [0.29, 0.717) is 6.04 Å². The predicted molar refractivity (Wildman–Crippen MR) is 84.4 cm³/mol. The highest BCUT2D eigenvalue weighted by atomic mass is 16.2. The first-order chi connectivity index (χ1) is 10.2.